The SMILES string of the molecule is CCCCOC(=O)N1CCN(C(=O)[C@H](CCC)NC(=O)c2cc(N3C[C@@H]4[C@H](C3)[C@@H]4C(=O)OCC)nc(-c3ccccc3)n2)CC1. The molecule has 12 heteroatoms. The van der Waals surface area contributed by atoms with Crippen LogP contribution in [0, 0.1) is 17.8 Å². The number of amides is 3. The van der Waals surface area contributed by atoms with E-state index in [2.05, 4.69) is 15.2 Å². The number of hydrogen-bond acceptors (Lipinski definition) is 9. The summed E-state index contributed by atoms with van der Waals surface area (Å²) in [6, 6.07) is 10.4. The molecule has 0 spiro atoms. The lowest BCUT2D eigenvalue weighted by Gasteiger charge is -2.36. The number of ether oxygens (including phenoxy) is 2. The van der Waals surface area contributed by atoms with Crippen LogP contribution in [0.1, 0.15) is 56.9 Å². The third kappa shape index (κ3) is 7.54. The second-order valence-electron chi connectivity index (χ2n) is 11.9. The molecule has 1 aromatic heterocycles. The Morgan fingerprint density at radius 1 is 0.911 bits per heavy atom. The van der Waals surface area contributed by atoms with E-state index in [-0.39, 0.29) is 41.4 Å². The number of anilines is 1. The van der Waals surface area contributed by atoms with Gasteiger partial charge in [-0.1, -0.05) is 57.0 Å². The molecule has 0 unspecified atom stereocenters. The Morgan fingerprint density at radius 2 is 1.60 bits per heavy atom. The van der Waals surface area contributed by atoms with E-state index in [9.17, 15) is 19.2 Å². The Morgan fingerprint density at radius 3 is 2.24 bits per heavy atom. The molecule has 3 aliphatic rings. The van der Waals surface area contributed by atoms with E-state index in [4.69, 9.17) is 14.5 Å². The summed E-state index contributed by atoms with van der Waals surface area (Å²) in [6.45, 7) is 9.39. The molecule has 3 amide bonds. The van der Waals surface area contributed by atoms with Gasteiger partial charge < -0.3 is 29.5 Å². The van der Waals surface area contributed by atoms with E-state index in [1.807, 2.05) is 51.1 Å². The lowest BCUT2D eigenvalue weighted by molar-refractivity contribution is -0.145. The average Bonchev–Trinajstić information content (AvgIpc) is 3.57. The number of hydrogen-bond donors (Lipinski definition) is 1. The molecule has 0 bridgehead atoms. The van der Waals surface area contributed by atoms with Crippen LogP contribution in [0.2, 0.25) is 0 Å². The van der Waals surface area contributed by atoms with Crippen molar-refractivity contribution >= 4 is 29.7 Å². The average molecular weight is 621 g/mol. The van der Waals surface area contributed by atoms with Gasteiger partial charge in [0.2, 0.25) is 5.91 Å². The predicted molar refractivity (Wildman–Crippen MR) is 167 cm³/mol. The van der Waals surface area contributed by atoms with Gasteiger partial charge in [0.25, 0.3) is 5.91 Å². The van der Waals surface area contributed by atoms with Crippen LogP contribution in [0.15, 0.2) is 36.4 Å². The van der Waals surface area contributed by atoms with Crippen LogP contribution < -0.4 is 10.2 Å². The van der Waals surface area contributed by atoms with Crippen LogP contribution in [0.3, 0.4) is 0 Å². The second kappa shape index (κ2) is 14.7. The molecule has 45 heavy (non-hydrogen) atoms. The van der Waals surface area contributed by atoms with Crippen molar-refractivity contribution < 1.29 is 28.7 Å². The van der Waals surface area contributed by atoms with Crippen molar-refractivity contribution in [3.63, 3.8) is 0 Å². The number of esters is 1. The first-order valence-corrected chi connectivity index (χ1v) is 16.2. The van der Waals surface area contributed by atoms with Crippen molar-refractivity contribution in [3.8, 4) is 11.4 Å². The molecular formula is C33H44N6O6. The van der Waals surface area contributed by atoms with E-state index >= 15 is 0 Å². The van der Waals surface area contributed by atoms with Crippen LogP contribution in [-0.4, -0.2) is 102 Å². The molecule has 2 aliphatic heterocycles. The summed E-state index contributed by atoms with van der Waals surface area (Å²) in [5.74, 6) is 0.614. The molecule has 12 nitrogen and oxygen atoms in total. The molecule has 1 aliphatic carbocycles. The molecule has 1 saturated carbocycles. The van der Waals surface area contributed by atoms with Crippen molar-refractivity contribution in [2.75, 3.05) is 57.4 Å². The fraction of sp³-hybridized carbons (Fsp3) is 0.576. The lowest BCUT2D eigenvalue weighted by Crippen LogP contribution is -2.56. The first-order chi connectivity index (χ1) is 21.8. The van der Waals surface area contributed by atoms with Crippen LogP contribution in [0.25, 0.3) is 11.4 Å². The molecule has 3 heterocycles. The number of rotatable bonds is 12. The predicted octanol–water partition coefficient (Wildman–Crippen LogP) is 3.37. The minimum Gasteiger partial charge on any atom is -0.466 e. The van der Waals surface area contributed by atoms with Crippen LogP contribution in [0.4, 0.5) is 10.6 Å². The van der Waals surface area contributed by atoms with E-state index in [1.54, 1.807) is 15.9 Å². The first kappa shape index (κ1) is 32.2. The molecule has 2 saturated heterocycles. The number of carbonyl (C=O) groups is 4. The van der Waals surface area contributed by atoms with Gasteiger partial charge in [-0.15, -0.1) is 0 Å². The Labute approximate surface area is 264 Å². The maximum atomic E-state index is 13.7. The molecule has 5 rings (SSSR count). The van der Waals surface area contributed by atoms with Crippen molar-refractivity contribution in [2.45, 2.75) is 52.5 Å². The smallest absolute Gasteiger partial charge is 0.409 e. The third-order valence-corrected chi connectivity index (χ3v) is 8.81. The molecule has 3 fully saturated rings. The molecule has 1 N–H and O–H groups in total. The lowest BCUT2D eigenvalue weighted by atomic mass is 10.1. The monoisotopic (exact) mass is 620 g/mol. The zero-order chi connectivity index (χ0) is 31.9. The van der Waals surface area contributed by atoms with Crippen molar-refractivity contribution in [3.05, 3.63) is 42.1 Å². The zero-order valence-electron chi connectivity index (χ0n) is 26.4. The minimum atomic E-state index is -0.728. The highest BCUT2D eigenvalue weighted by atomic mass is 16.6. The number of nitrogens with zero attached hydrogens (tertiary/aromatic N) is 5. The largest absolute Gasteiger partial charge is 0.466 e. The molecular weight excluding hydrogens is 576 g/mol. The Bertz CT molecular complexity index is 1350. The first-order valence-electron chi connectivity index (χ1n) is 16.2. The quantitative estimate of drug-likeness (QED) is 0.280. The third-order valence-electron chi connectivity index (χ3n) is 8.81. The van der Waals surface area contributed by atoms with E-state index < -0.39 is 11.9 Å². The summed E-state index contributed by atoms with van der Waals surface area (Å²) >= 11 is 0. The maximum absolute atomic E-state index is 13.7. The highest BCUT2D eigenvalue weighted by Gasteiger charge is 2.60. The highest BCUT2D eigenvalue weighted by molar-refractivity contribution is 5.97. The molecule has 242 valence electrons. The molecule has 1 aromatic carbocycles. The fourth-order valence-electron chi connectivity index (χ4n) is 6.23. The van der Waals surface area contributed by atoms with E-state index in [0.717, 1.165) is 18.4 Å². The van der Waals surface area contributed by atoms with Crippen molar-refractivity contribution in [2.24, 2.45) is 17.8 Å². The Kier molecular flexibility index (Phi) is 10.5. The van der Waals surface area contributed by atoms with Crippen LogP contribution >= 0.6 is 0 Å². The van der Waals surface area contributed by atoms with Gasteiger partial charge in [-0.3, -0.25) is 14.4 Å². The van der Waals surface area contributed by atoms with Crippen LogP contribution in [0.5, 0.6) is 0 Å². The summed E-state index contributed by atoms with van der Waals surface area (Å²) in [5.41, 5.74) is 0.948. The standard InChI is InChI=1S/C33H44N6O6/c1-4-7-18-45-33(43)38-16-14-37(15-17-38)31(41)25(11-5-2)35-30(40)26-19-27(36-29(34-26)22-12-9-8-10-13-22)39-20-23-24(21-39)28(23)32(42)44-6-3/h8-10,12-13,19,23-25,28H,4-7,11,14-18,20-21H2,1-3H3,(H,35,40)/t23-,24+,25-,28-/m0/s1. The van der Waals surface area contributed by atoms with Gasteiger partial charge >= 0.3 is 12.1 Å². The topological polar surface area (TPSA) is 134 Å². The highest BCUT2D eigenvalue weighted by Crippen LogP contribution is 2.53. The number of benzene rings is 1. The van der Waals surface area contributed by atoms with Gasteiger partial charge in [0.1, 0.15) is 17.6 Å². The Hall–Kier alpha value is -4.22. The number of piperidine rings is 1. The summed E-state index contributed by atoms with van der Waals surface area (Å²) in [4.78, 5) is 66.7. The summed E-state index contributed by atoms with van der Waals surface area (Å²) in [5, 5.41) is 2.94. The molecule has 4 atom stereocenters. The normalized spacial score (nSPS) is 21.1. The summed E-state index contributed by atoms with van der Waals surface area (Å²) in [6.07, 6.45) is 2.58. The van der Waals surface area contributed by atoms with Gasteiger partial charge in [-0.25, -0.2) is 14.8 Å². The van der Waals surface area contributed by atoms with Gasteiger partial charge in [-0.2, -0.15) is 0 Å². The van der Waals surface area contributed by atoms with Crippen molar-refractivity contribution in [1.82, 2.24) is 25.1 Å². The number of fused-ring (bicyclic) bond motifs is 1. The van der Waals surface area contributed by atoms with Crippen LogP contribution in [-0.2, 0) is 19.1 Å². The molecule has 2 aromatic rings. The summed E-state index contributed by atoms with van der Waals surface area (Å²) < 4.78 is 10.6. The Balaban J connectivity index is 1.27. The minimum absolute atomic E-state index is 0.0752. The van der Waals surface area contributed by atoms with Crippen molar-refractivity contribution in [1.29, 1.82) is 0 Å². The zero-order valence-corrected chi connectivity index (χ0v) is 26.4. The number of piperazine rings is 1. The van der Waals surface area contributed by atoms with Gasteiger partial charge in [0.15, 0.2) is 5.82 Å². The maximum Gasteiger partial charge on any atom is 0.409 e. The summed E-state index contributed by atoms with van der Waals surface area (Å²) in [7, 11) is 0. The number of unbranched alkanes of at least 4 members (excludes halogenated alkanes) is 1. The van der Waals surface area contributed by atoms with E-state index in [1.165, 1.54) is 0 Å². The van der Waals surface area contributed by atoms with Gasteiger partial charge in [-0.05, 0) is 31.6 Å². The van der Waals surface area contributed by atoms with E-state index in [0.29, 0.717) is 77.0 Å². The van der Waals surface area contributed by atoms with Gasteiger partial charge in [0, 0.05) is 50.9 Å². The molecule has 0 radical (unpaired) electrons. The second-order valence-corrected chi connectivity index (χ2v) is 11.9. The number of carbonyl (C=O) groups excluding carboxylic acids is 4. The number of nitrogens with one attached hydrogen (secondary N) is 1. The fourth-order valence-corrected chi connectivity index (χ4v) is 6.23. The number of aromatic nitrogens is 2. The van der Waals surface area contributed by atoms with Gasteiger partial charge in [0.05, 0.1) is 19.1 Å².